The zero-order chi connectivity index (χ0) is 18.4. The molecule has 2 aliphatic rings. The van der Waals surface area contributed by atoms with Gasteiger partial charge in [0.2, 0.25) is 0 Å². The van der Waals surface area contributed by atoms with Crippen molar-refractivity contribution in [1.29, 1.82) is 0 Å². The second-order valence-electron chi connectivity index (χ2n) is 7.73. The molecule has 0 N–H and O–H groups in total. The zero-order valence-corrected chi connectivity index (χ0v) is 16.0. The fraction of sp³-hybridized carbons (Fsp3) is 0.476. The molecule has 2 aromatic heterocycles. The maximum atomic E-state index is 5.37. The molecule has 1 saturated heterocycles. The minimum atomic E-state index is 0.598. The highest BCUT2D eigenvalue weighted by Gasteiger charge is 2.29. The van der Waals surface area contributed by atoms with Gasteiger partial charge in [-0.1, -0.05) is 29.4 Å². The number of anilines is 1. The molecule has 0 saturated carbocycles. The molecular weight excluding hydrogens is 338 g/mol. The fourth-order valence-electron chi connectivity index (χ4n) is 4.59. The van der Waals surface area contributed by atoms with Crippen LogP contribution in [0.25, 0.3) is 11.1 Å². The van der Waals surface area contributed by atoms with Crippen LogP contribution in [0, 0.1) is 13.8 Å². The topological polar surface area (TPSA) is 58.3 Å². The van der Waals surface area contributed by atoms with Crippen LogP contribution in [0.1, 0.15) is 29.1 Å². The number of aryl methyl sites for hydroxylation is 3. The van der Waals surface area contributed by atoms with E-state index in [9.17, 15) is 0 Å². The molecule has 1 aliphatic carbocycles. The van der Waals surface area contributed by atoms with E-state index in [0.29, 0.717) is 11.8 Å². The highest BCUT2D eigenvalue weighted by molar-refractivity contribution is 5.88. The van der Waals surface area contributed by atoms with Crippen LogP contribution in [-0.4, -0.2) is 52.2 Å². The number of fused-ring (bicyclic) bond motifs is 2. The standard InChI is InChI=1S/C21H25N5O/c1-14-19-20(22-15(2)23-21(19)27-24-14)26-11-9-25(10-12-26)18-8-7-16-5-3-4-6-17(16)13-18/h3-6,18H,7-13H2,1-2H3/t18-/m1/s1. The van der Waals surface area contributed by atoms with Gasteiger partial charge < -0.3 is 9.42 Å². The second kappa shape index (κ2) is 6.60. The Morgan fingerprint density at radius 3 is 2.59 bits per heavy atom. The first-order valence-electron chi connectivity index (χ1n) is 9.85. The lowest BCUT2D eigenvalue weighted by atomic mass is 9.87. The quantitative estimate of drug-likeness (QED) is 0.698. The molecule has 3 heterocycles. The van der Waals surface area contributed by atoms with E-state index in [1.165, 1.54) is 30.4 Å². The molecule has 0 radical (unpaired) electrons. The van der Waals surface area contributed by atoms with Crippen LogP contribution in [0.2, 0.25) is 0 Å². The van der Waals surface area contributed by atoms with Gasteiger partial charge in [-0.25, -0.2) is 4.98 Å². The van der Waals surface area contributed by atoms with Crippen molar-refractivity contribution in [1.82, 2.24) is 20.0 Å². The Labute approximate surface area is 159 Å². The highest BCUT2D eigenvalue weighted by atomic mass is 16.5. The molecule has 1 fully saturated rings. The van der Waals surface area contributed by atoms with Crippen molar-refractivity contribution >= 4 is 16.9 Å². The monoisotopic (exact) mass is 363 g/mol. The fourth-order valence-corrected chi connectivity index (χ4v) is 4.59. The summed E-state index contributed by atoms with van der Waals surface area (Å²) < 4.78 is 5.37. The van der Waals surface area contributed by atoms with E-state index >= 15 is 0 Å². The molecule has 1 aromatic carbocycles. The van der Waals surface area contributed by atoms with Gasteiger partial charge in [-0.05, 0) is 44.2 Å². The summed E-state index contributed by atoms with van der Waals surface area (Å²) in [6.07, 6.45) is 3.64. The lowest BCUT2D eigenvalue weighted by Crippen LogP contribution is -2.52. The Kier molecular flexibility index (Phi) is 4.08. The summed E-state index contributed by atoms with van der Waals surface area (Å²) in [6, 6.07) is 9.57. The van der Waals surface area contributed by atoms with Crippen molar-refractivity contribution in [3.8, 4) is 0 Å². The number of hydrogen-bond donors (Lipinski definition) is 0. The molecular formula is C21H25N5O. The Morgan fingerprint density at radius 1 is 1.00 bits per heavy atom. The molecule has 0 spiro atoms. The maximum absolute atomic E-state index is 5.37. The summed E-state index contributed by atoms with van der Waals surface area (Å²) in [7, 11) is 0. The van der Waals surface area contributed by atoms with Gasteiger partial charge in [-0.3, -0.25) is 4.90 Å². The molecule has 1 atom stereocenters. The molecule has 0 unspecified atom stereocenters. The van der Waals surface area contributed by atoms with Crippen LogP contribution >= 0.6 is 0 Å². The Hall–Kier alpha value is -2.47. The van der Waals surface area contributed by atoms with Gasteiger partial charge >= 0.3 is 0 Å². The SMILES string of the molecule is Cc1nc(N2CCN([C@@H]3CCc4ccccc4C3)CC2)c2c(C)noc2n1. The lowest BCUT2D eigenvalue weighted by molar-refractivity contribution is 0.170. The van der Waals surface area contributed by atoms with Gasteiger partial charge in [0, 0.05) is 32.2 Å². The van der Waals surface area contributed by atoms with Gasteiger partial charge in [0.25, 0.3) is 5.71 Å². The van der Waals surface area contributed by atoms with Crippen LogP contribution in [-0.2, 0) is 12.8 Å². The first-order chi connectivity index (χ1) is 13.2. The minimum absolute atomic E-state index is 0.598. The summed E-state index contributed by atoms with van der Waals surface area (Å²) in [4.78, 5) is 14.1. The van der Waals surface area contributed by atoms with Gasteiger partial charge in [-0.2, -0.15) is 4.98 Å². The predicted octanol–water partition coefficient (Wildman–Crippen LogP) is 2.91. The number of benzene rings is 1. The van der Waals surface area contributed by atoms with Gasteiger partial charge in [0.15, 0.2) is 0 Å². The molecule has 140 valence electrons. The van der Waals surface area contributed by atoms with Crippen molar-refractivity contribution in [2.45, 2.75) is 39.2 Å². The third kappa shape index (κ3) is 2.98. The maximum Gasteiger partial charge on any atom is 0.263 e. The molecule has 1 aliphatic heterocycles. The molecule has 3 aromatic rings. The van der Waals surface area contributed by atoms with E-state index < -0.39 is 0 Å². The molecule has 27 heavy (non-hydrogen) atoms. The number of nitrogens with zero attached hydrogens (tertiary/aromatic N) is 5. The summed E-state index contributed by atoms with van der Waals surface area (Å²) in [5.41, 5.74) is 4.53. The predicted molar refractivity (Wildman–Crippen MR) is 105 cm³/mol. The molecule has 0 bridgehead atoms. The average Bonchev–Trinajstić information content (AvgIpc) is 3.07. The van der Waals surface area contributed by atoms with Crippen molar-refractivity contribution in [2.75, 3.05) is 31.1 Å². The smallest absolute Gasteiger partial charge is 0.263 e. The van der Waals surface area contributed by atoms with Crippen molar-refractivity contribution in [3.63, 3.8) is 0 Å². The largest absolute Gasteiger partial charge is 0.353 e. The zero-order valence-electron chi connectivity index (χ0n) is 16.0. The van der Waals surface area contributed by atoms with Gasteiger partial charge in [0.05, 0.1) is 5.69 Å². The summed E-state index contributed by atoms with van der Waals surface area (Å²) >= 11 is 0. The van der Waals surface area contributed by atoms with E-state index in [1.54, 1.807) is 0 Å². The number of aromatic nitrogens is 3. The number of rotatable bonds is 2. The van der Waals surface area contributed by atoms with E-state index in [0.717, 1.165) is 48.9 Å². The van der Waals surface area contributed by atoms with E-state index in [-0.39, 0.29) is 0 Å². The lowest BCUT2D eigenvalue weighted by Gasteiger charge is -2.41. The summed E-state index contributed by atoms with van der Waals surface area (Å²) in [5, 5.41) is 5.05. The molecule has 6 nitrogen and oxygen atoms in total. The van der Waals surface area contributed by atoms with Crippen LogP contribution in [0.4, 0.5) is 5.82 Å². The Balaban J connectivity index is 1.32. The van der Waals surface area contributed by atoms with Crippen molar-refractivity contribution in [2.24, 2.45) is 0 Å². The summed E-state index contributed by atoms with van der Waals surface area (Å²) in [5.74, 6) is 1.71. The Morgan fingerprint density at radius 2 is 1.78 bits per heavy atom. The molecule has 5 rings (SSSR count). The van der Waals surface area contributed by atoms with Crippen LogP contribution in [0.3, 0.4) is 0 Å². The van der Waals surface area contributed by atoms with E-state index in [4.69, 9.17) is 9.51 Å². The van der Waals surface area contributed by atoms with E-state index in [2.05, 4.69) is 44.2 Å². The van der Waals surface area contributed by atoms with Crippen molar-refractivity contribution in [3.05, 3.63) is 46.9 Å². The highest BCUT2D eigenvalue weighted by Crippen LogP contribution is 2.29. The second-order valence-corrected chi connectivity index (χ2v) is 7.73. The first-order valence-corrected chi connectivity index (χ1v) is 9.85. The normalized spacial score (nSPS) is 20.8. The molecule has 6 heteroatoms. The van der Waals surface area contributed by atoms with Crippen LogP contribution in [0.15, 0.2) is 28.8 Å². The molecule has 0 amide bonds. The van der Waals surface area contributed by atoms with Crippen LogP contribution in [0.5, 0.6) is 0 Å². The van der Waals surface area contributed by atoms with Gasteiger partial charge in [-0.15, -0.1) is 0 Å². The van der Waals surface area contributed by atoms with Crippen molar-refractivity contribution < 1.29 is 4.52 Å². The third-order valence-corrected chi connectivity index (χ3v) is 6.05. The minimum Gasteiger partial charge on any atom is -0.353 e. The van der Waals surface area contributed by atoms with E-state index in [1.807, 2.05) is 13.8 Å². The third-order valence-electron chi connectivity index (χ3n) is 6.05. The first kappa shape index (κ1) is 16.7. The average molecular weight is 363 g/mol. The summed E-state index contributed by atoms with van der Waals surface area (Å²) in [6.45, 7) is 7.98. The Bertz CT molecular complexity index is 974. The number of piperazine rings is 1. The van der Waals surface area contributed by atoms with Crippen LogP contribution < -0.4 is 4.90 Å². The number of hydrogen-bond acceptors (Lipinski definition) is 6. The van der Waals surface area contributed by atoms with Gasteiger partial charge in [0.1, 0.15) is 17.0 Å².